The smallest absolute Gasteiger partial charge is 0.324 e. The van der Waals surface area contributed by atoms with Crippen LogP contribution in [0.3, 0.4) is 0 Å². The number of esters is 2. The molecule has 134 valence electrons. The summed E-state index contributed by atoms with van der Waals surface area (Å²) >= 11 is 0. The van der Waals surface area contributed by atoms with Crippen LogP contribution in [0.1, 0.15) is 59.3 Å². The first-order valence-electron chi connectivity index (χ1n) is 9.32. The fourth-order valence-corrected chi connectivity index (χ4v) is 5.48. The van der Waals surface area contributed by atoms with E-state index in [1.807, 2.05) is 26.8 Å². The molecule has 2 aliphatic carbocycles. The van der Waals surface area contributed by atoms with Crippen LogP contribution >= 0.6 is 0 Å². The van der Waals surface area contributed by atoms with Crippen LogP contribution in [0.2, 0.25) is 0 Å². The van der Waals surface area contributed by atoms with Gasteiger partial charge in [-0.3, -0.25) is 9.59 Å². The minimum Gasteiger partial charge on any atom is -0.450 e. The van der Waals surface area contributed by atoms with Gasteiger partial charge in [-0.15, -0.1) is 0 Å². The monoisotopic (exact) mass is 344 g/mol. The maximum Gasteiger partial charge on any atom is 0.324 e. The summed E-state index contributed by atoms with van der Waals surface area (Å²) in [6.07, 6.45) is 8.51. The Hall–Kier alpha value is -1.62. The van der Waals surface area contributed by atoms with Crippen molar-refractivity contribution >= 4 is 11.9 Å². The molecule has 0 aromatic heterocycles. The molecule has 2 saturated carbocycles. The molecule has 5 nitrogen and oxygen atoms in total. The molecule has 0 aromatic rings. The van der Waals surface area contributed by atoms with E-state index in [4.69, 9.17) is 14.2 Å². The third-order valence-electron chi connectivity index (χ3n) is 6.74. The van der Waals surface area contributed by atoms with E-state index in [1.165, 1.54) is 0 Å². The highest BCUT2D eigenvalue weighted by Crippen LogP contribution is 2.67. The van der Waals surface area contributed by atoms with E-state index >= 15 is 0 Å². The third-order valence-corrected chi connectivity index (χ3v) is 6.74. The van der Waals surface area contributed by atoms with E-state index in [9.17, 15) is 9.59 Å². The van der Waals surface area contributed by atoms with Gasteiger partial charge in [0.2, 0.25) is 0 Å². The quantitative estimate of drug-likeness (QED) is 0.540. The first-order chi connectivity index (χ1) is 11.8. The van der Waals surface area contributed by atoms with Crippen LogP contribution in [-0.2, 0) is 23.8 Å². The molecule has 0 unspecified atom stereocenters. The molecule has 4 aliphatic heterocycles. The Balaban J connectivity index is 1.76. The van der Waals surface area contributed by atoms with E-state index < -0.39 is 22.0 Å². The second-order valence-corrected chi connectivity index (χ2v) is 9.13. The highest BCUT2D eigenvalue weighted by atomic mass is 16.6. The van der Waals surface area contributed by atoms with E-state index in [2.05, 4.69) is 6.08 Å². The van der Waals surface area contributed by atoms with Crippen molar-refractivity contribution in [1.82, 2.24) is 0 Å². The highest BCUT2D eigenvalue weighted by molar-refractivity contribution is 5.89. The number of rotatable bonds is 1. The molecule has 4 atom stereocenters. The maximum atomic E-state index is 13.3. The van der Waals surface area contributed by atoms with Gasteiger partial charge in [-0.1, -0.05) is 12.2 Å². The largest absolute Gasteiger partial charge is 0.450 e. The van der Waals surface area contributed by atoms with Gasteiger partial charge in [0.05, 0.1) is 5.41 Å². The van der Waals surface area contributed by atoms with Crippen LogP contribution in [0, 0.1) is 10.8 Å². The molecule has 3 fully saturated rings. The zero-order valence-electron chi connectivity index (χ0n) is 15.0. The first kappa shape index (κ1) is 15.6. The maximum absolute atomic E-state index is 13.3. The topological polar surface area (TPSA) is 61.8 Å². The molecule has 0 N–H and O–H groups in total. The van der Waals surface area contributed by atoms with Gasteiger partial charge >= 0.3 is 11.9 Å². The Morgan fingerprint density at radius 1 is 1.24 bits per heavy atom. The second kappa shape index (κ2) is 4.37. The summed E-state index contributed by atoms with van der Waals surface area (Å²) in [7, 11) is 0. The first-order valence-corrected chi connectivity index (χ1v) is 9.32. The number of carbonyl (C=O) groups is 2. The van der Waals surface area contributed by atoms with Crippen molar-refractivity contribution in [2.45, 2.75) is 76.6 Å². The van der Waals surface area contributed by atoms with Gasteiger partial charge < -0.3 is 14.2 Å². The molecular formula is C20H24O5. The molecule has 4 bridgehead atoms. The molecular weight excluding hydrogens is 320 g/mol. The number of hydrogen-bond acceptors (Lipinski definition) is 5. The van der Waals surface area contributed by atoms with Crippen LogP contribution in [-0.4, -0.2) is 29.2 Å². The molecule has 6 rings (SSSR count). The molecule has 0 amide bonds. The second-order valence-electron chi connectivity index (χ2n) is 9.13. The van der Waals surface area contributed by atoms with Gasteiger partial charge in [-0.25, -0.2) is 0 Å². The molecule has 25 heavy (non-hydrogen) atoms. The Kier molecular flexibility index (Phi) is 2.73. The number of ether oxygens (including phenoxy) is 3. The van der Waals surface area contributed by atoms with E-state index in [1.54, 1.807) is 0 Å². The number of hydrogen-bond donors (Lipinski definition) is 0. The molecule has 4 heterocycles. The fraction of sp³-hybridized carbons (Fsp3) is 0.700. The summed E-state index contributed by atoms with van der Waals surface area (Å²) in [5, 5.41) is 0. The molecule has 3 spiro atoms. The Morgan fingerprint density at radius 2 is 2.04 bits per heavy atom. The van der Waals surface area contributed by atoms with Crippen LogP contribution < -0.4 is 0 Å². The van der Waals surface area contributed by atoms with E-state index in [0.29, 0.717) is 12.2 Å². The lowest BCUT2D eigenvalue weighted by Gasteiger charge is -2.44. The molecule has 6 aliphatic rings. The molecule has 1 saturated heterocycles. The summed E-state index contributed by atoms with van der Waals surface area (Å²) < 4.78 is 18.6. The van der Waals surface area contributed by atoms with Crippen LogP contribution in [0.15, 0.2) is 23.5 Å². The van der Waals surface area contributed by atoms with Gasteiger partial charge in [0.25, 0.3) is 0 Å². The van der Waals surface area contributed by atoms with E-state index in [0.717, 1.165) is 37.7 Å². The van der Waals surface area contributed by atoms with Crippen molar-refractivity contribution in [1.29, 1.82) is 0 Å². The lowest BCUT2D eigenvalue weighted by Crippen LogP contribution is -2.55. The zero-order valence-corrected chi connectivity index (χ0v) is 15.0. The summed E-state index contributed by atoms with van der Waals surface area (Å²) in [6, 6.07) is 0. The minimum atomic E-state index is -1.00. The molecule has 0 radical (unpaired) electrons. The van der Waals surface area contributed by atoms with Crippen molar-refractivity contribution in [3.05, 3.63) is 23.5 Å². The summed E-state index contributed by atoms with van der Waals surface area (Å²) in [5.74, 6) is -0.00147. The number of fused-ring (bicyclic) bond motifs is 1. The van der Waals surface area contributed by atoms with Gasteiger partial charge in [0.1, 0.15) is 17.5 Å². The summed E-state index contributed by atoms with van der Waals surface area (Å²) in [4.78, 5) is 26.0. The number of carbonyl (C=O) groups excluding carboxylic acids is 2. The highest BCUT2D eigenvalue weighted by Gasteiger charge is 2.76. The zero-order chi connectivity index (χ0) is 17.7. The van der Waals surface area contributed by atoms with Crippen molar-refractivity contribution in [3.63, 3.8) is 0 Å². The lowest BCUT2D eigenvalue weighted by atomic mass is 9.67. The van der Waals surface area contributed by atoms with Gasteiger partial charge in [-0.2, -0.15) is 0 Å². The lowest BCUT2D eigenvalue weighted by molar-refractivity contribution is -0.175. The van der Waals surface area contributed by atoms with Crippen LogP contribution in [0.4, 0.5) is 0 Å². The predicted molar refractivity (Wildman–Crippen MR) is 88.3 cm³/mol. The van der Waals surface area contributed by atoms with Gasteiger partial charge in [0.15, 0.2) is 11.0 Å². The van der Waals surface area contributed by atoms with Crippen molar-refractivity contribution in [3.8, 4) is 0 Å². The van der Waals surface area contributed by atoms with Crippen molar-refractivity contribution < 1.29 is 23.8 Å². The van der Waals surface area contributed by atoms with E-state index in [-0.39, 0.29) is 18.0 Å². The Labute approximate surface area is 147 Å². The van der Waals surface area contributed by atoms with Crippen molar-refractivity contribution in [2.75, 3.05) is 0 Å². The average Bonchev–Trinajstić information content (AvgIpc) is 3.21. The molecule has 0 aromatic carbocycles. The summed E-state index contributed by atoms with van der Waals surface area (Å²) in [6.45, 7) is 5.51. The Bertz CT molecular complexity index is 757. The Morgan fingerprint density at radius 3 is 2.80 bits per heavy atom. The molecule has 5 heteroatoms. The SMILES string of the molecule is CC(C)(C)C(=O)OC1=C2CCC[C@@]23OC(=O)[C@@]12CCC[C@@]21C=C[C@H]3O1. The van der Waals surface area contributed by atoms with Crippen molar-refractivity contribution in [2.24, 2.45) is 10.8 Å². The minimum absolute atomic E-state index is 0.264. The predicted octanol–water partition coefficient (Wildman–Crippen LogP) is 3.19. The summed E-state index contributed by atoms with van der Waals surface area (Å²) in [5.41, 5.74) is -2.14. The average molecular weight is 344 g/mol. The van der Waals surface area contributed by atoms with Gasteiger partial charge in [0, 0.05) is 5.57 Å². The van der Waals surface area contributed by atoms with Crippen LogP contribution in [0.5, 0.6) is 0 Å². The standard InChI is InChI=1S/C20H24O5/c1-17(2,3)15(21)23-14-12-6-4-10-20(12)13-7-11-18(24-13)8-5-9-19(14,18)16(22)25-20/h7,11,13H,4-6,8-10H2,1-3H3/t13-,18-,19-,20-/m1/s1. The fourth-order valence-electron chi connectivity index (χ4n) is 5.48. The van der Waals surface area contributed by atoms with Crippen LogP contribution in [0.25, 0.3) is 0 Å². The van der Waals surface area contributed by atoms with Gasteiger partial charge in [-0.05, 0) is 59.3 Å². The normalized spacial score (nSPS) is 43.8. The third kappa shape index (κ3) is 1.59.